The normalized spacial score (nSPS) is 41.5. The van der Waals surface area contributed by atoms with Gasteiger partial charge in [0.25, 0.3) is 0 Å². The van der Waals surface area contributed by atoms with Gasteiger partial charge < -0.3 is 0 Å². The third-order valence-electron chi connectivity index (χ3n) is 4.55. The van der Waals surface area contributed by atoms with E-state index in [1.807, 2.05) is 0 Å². The largest absolute Gasteiger partial charge is 0.149 e. The third-order valence-corrected chi connectivity index (χ3v) is 4.55. The van der Waals surface area contributed by atoms with Crippen LogP contribution in [-0.2, 0) is 0 Å². The molecule has 1 heteroatoms. The van der Waals surface area contributed by atoms with E-state index in [0.717, 1.165) is 0 Å². The average molecular weight is 162 g/mol. The number of hydrogen-bond donors (Lipinski definition) is 0. The molecule has 0 aromatic rings. The quantitative estimate of drug-likeness (QED) is 0.515. The van der Waals surface area contributed by atoms with Crippen LogP contribution in [-0.4, -0.2) is 6.71 Å². The van der Waals surface area contributed by atoms with Gasteiger partial charge in [-0.15, -0.1) is 0 Å². The van der Waals surface area contributed by atoms with E-state index < -0.39 is 0 Å². The standard InChI is InChI=1S/C11H19B/c1-3-9-5-2-6-10(4-1)12(9)11-7-8-11/h9-11H,1-8H2. The summed E-state index contributed by atoms with van der Waals surface area (Å²) < 4.78 is 0. The van der Waals surface area contributed by atoms with Crippen LogP contribution in [0.3, 0.4) is 0 Å². The van der Waals surface area contributed by atoms with Crippen LogP contribution < -0.4 is 0 Å². The SMILES string of the molecule is C1CC2CCCC(C1)B2C1CC1. The van der Waals surface area contributed by atoms with E-state index >= 15 is 0 Å². The zero-order valence-corrected chi connectivity index (χ0v) is 7.97. The molecule has 0 atom stereocenters. The predicted molar refractivity (Wildman–Crippen MR) is 53.9 cm³/mol. The first-order valence-electron chi connectivity index (χ1n) is 5.95. The monoisotopic (exact) mass is 162 g/mol. The molecule has 2 aliphatic heterocycles. The number of fused-ring (bicyclic) bond motifs is 2. The molecule has 0 nitrogen and oxygen atoms in total. The van der Waals surface area contributed by atoms with Gasteiger partial charge in [-0.3, -0.25) is 0 Å². The lowest BCUT2D eigenvalue weighted by molar-refractivity contribution is 0.441. The van der Waals surface area contributed by atoms with E-state index in [9.17, 15) is 0 Å². The predicted octanol–water partition coefficient (Wildman–Crippen LogP) is 3.75. The van der Waals surface area contributed by atoms with Gasteiger partial charge in [-0.2, -0.15) is 0 Å². The smallest absolute Gasteiger partial charge is 0.0617 e. The summed E-state index contributed by atoms with van der Waals surface area (Å²) in [5.41, 5.74) is 0. The van der Waals surface area contributed by atoms with E-state index in [4.69, 9.17) is 0 Å². The summed E-state index contributed by atoms with van der Waals surface area (Å²) in [6.07, 6.45) is 12.6. The van der Waals surface area contributed by atoms with Crippen LogP contribution in [0.4, 0.5) is 0 Å². The highest BCUT2D eigenvalue weighted by Crippen LogP contribution is 2.56. The molecule has 3 rings (SSSR count). The molecule has 2 heterocycles. The molecule has 0 aromatic heterocycles. The van der Waals surface area contributed by atoms with Crippen molar-refractivity contribution in [1.29, 1.82) is 0 Å². The van der Waals surface area contributed by atoms with Gasteiger partial charge in [-0.05, 0) is 0 Å². The maximum Gasteiger partial charge on any atom is 0.149 e. The van der Waals surface area contributed by atoms with Crippen molar-refractivity contribution in [3.05, 3.63) is 0 Å². The van der Waals surface area contributed by atoms with Crippen molar-refractivity contribution in [3.8, 4) is 0 Å². The molecule has 0 unspecified atom stereocenters. The van der Waals surface area contributed by atoms with Crippen LogP contribution in [0.5, 0.6) is 0 Å². The molecule has 12 heavy (non-hydrogen) atoms. The molecule has 2 saturated heterocycles. The van der Waals surface area contributed by atoms with Crippen molar-refractivity contribution in [3.63, 3.8) is 0 Å². The highest BCUT2D eigenvalue weighted by molar-refractivity contribution is 6.65. The molecule has 0 aromatic carbocycles. The summed E-state index contributed by atoms with van der Waals surface area (Å²) in [7, 11) is 0. The Morgan fingerprint density at radius 3 is 1.42 bits per heavy atom. The van der Waals surface area contributed by atoms with Gasteiger partial charge in [0.1, 0.15) is 6.71 Å². The van der Waals surface area contributed by atoms with Crippen LogP contribution in [0.2, 0.25) is 17.5 Å². The van der Waals surface area contributed by atoms with Gasteiger partial charge in [0, 0.05) is 0 Å². The zero-order valence-electron chi connectivity index (χ0n) is 7.97. The Morgan fingerprint density at radius 1 is 0.583 bits per heavy atom. The summed E-state index contributed by atoms with van der Waals surface area (Å²) in [5.74, 6) is 3.54. The first kappa shape index (κ1) is 7.47. The minimum Gasteiger partial charge on any atom is -0.0617 e. The van der Waals surface area contributed by atoms with Gasteiger partial charge in [0.2, 0.25) is 0 Å². The topological polar surface area (TPSA) is 0 Å². The van der Waals surface area contributed by atoms with Crippen LogP contribution in [0.25, 0.3) is 0 Å². The summed E-state index contributed by atoms with van der Waals surface area (Å²) in [6.45, 7) is 1.20. The van der Waals surface area contributed by atoms with Crippen molar-refractivity contribution in [1.82, 2.24) is 0 Å². The molecular formula is C11H19B. The molecule has 0 N–H and O–H groups in total. The Balaban J connectivity index is 1.78. The maximum atomic E-state index is 1.58. The highest BCUT2D eigenvalue weighted by atomic mass is 14.3. The van der Waals surface area contributed by atoms with Crippen molar-refractivity contribution in [2.45, 2.75) is 68.8 Å². The van der Waals surface area contributed by atoms with Crippen molar-refractivity contribution in [2.24, 2.45) is 0 Å². The Labute approximate surface area is 76.2 Å². The first-order valence-corrected chi connectivity index (χ1v) is 5.95. The lowest BCUT2D eigenvalue weighted by Crippen LogP contribution is -2.34. The summed E-state index contributed by atoms with van der Waals surface area (Å²) in [4.78, 5) is 0. The summed E-state index contributed by atoms with van der Waals surface area (Å²) in [6, 6.07) is 0. The lowest BCUT2D eigenvalue weighted by Gasteiger charge is -2.40. The molecule has 0 amide bonds. The fourth-order valence-corrected chi connectivity index (χ4v) is 3.98. The molecule has 3 aliphatic rings. The van der Waals surface area contributed by atoms with E-state index in [1.165, 1.54) is 24.2 Å². The van der Waals surface area contributed by atoms with Gasteiger partial charge in [0.15, 0.2) is 0 Å². The van der Waals surface area contributed by atoms with Crippen LogP contribution >= 0.6 is 0 Å². The number of rotatable bonds is 1. The molecule has 2 bridgehead atoms. The Bertz CT molecular complexity index is 152. The van der Waals surface area contributed by atoms with E-state index in [0.29, 0.717) is 0 Å². The maximum absolute atomic E-state index is 1.58. The van der Waals surface area contributed by atoms with Crippen LogP contribution in [0.1, 0.15) is 51.4 Å². The van der Waals surface area contributed by atoms with Gasteiger partial charge in [-0.25, -0.2) is 0 Å². The second-order valence-electron chi connectivity index (χ2n) is 5.30. The fraction of sp³-hybridized carbons (Fsp3) is 1.00. The second kappa shape index (κ2) is 2.78. The lowest BCUT2D eigenvalue weighted by atomic mass is 9.25. The second-order valence-corrected chi connectivity index (χ2v) is 5.30. The van der Waals surface area contributed by atoms with Crippen LogP contribution in [0, 0.1) is 0 Å². The molecule has 3 fully saturated rings. The number of hydrogen-bond acceptors (Lipinski definition) is 0. The molecule has 0 radical (unpaired) electrons. The van der Waals surface area contributed by atoms with Gasteiger partial charge in [0.05, 0.1) is 0 Å². The first-order chi connectivity index (χ1) is 5.95. The zero-order chi connectivity index (χ0) is 7.97. The van der Waals surface area contributed by atoms with Crippen LogP contribution in [0.15, 0.2) is 0 Å². The molecule has 66 valence electrons. The minimum atomic E-state index is 1.17. The molecule has 1 saturated carbocycles. The molecule has 1 aliphatic carbocycles. The third kappa shape index (κ3) is 1.13. The van der Waals surface area contributed by atoms with Crippen molar-refractivity contribution >= 4 is 6.71 Å². The van der Waals surface area contributed by atoms with Crippen molar-refractivity contribution in [2.75, 3.05) is 0 Å². The fourth-order valence-electron chi connectivity index (χ4n) is 3.98. The Kier molecular flexibility index (Phi) is 1.73. The summed E-state index contributed by atoms with van der Waals surface area (Å²) >= 11 is 0. The van der Waals surface area contributed by atoms with Gasteiger partial charge in [-0.1, -0.05) is 68.8 Å². The van der Waals surface area contributed by atoms with E-state index in [1.54, 1.807) is 51.4 Å². The average Bonchev–Trinajstić information content (AvgIpc) is 2.84. The van der Waals surface area contributed by atoms with Crippen molar-refractivity contribution < 1.29 is 0 Å². The van der Waals surface area contributed by atoms with E-state index in [-0.39, 0.29) is 0 Å². The summed E-state index contributed by atoms with van der Waals surface area (Å²) in [5, 5.41) is 0. The minimum absolute atomic E-state index is 1.17. The molecule has 0 spiro atoms. The molecular weight excluding hydrogens is 143 g/mol. The Morgan fingerprint density at radius 2 is 1.00 bits per heavy atom. The highest BCUT2D eigenvalue weighted by Gasteiger charge is 2.47. The van der Waals surface area contributed by atoms with Gasteiger partial charge >= 0.3 is 0 Å². The van der Waals surface area contributed by atoms with E-state index in [2.05, 4.69) is 0 Å². The Hall–Kier alpha value is 0.0649.